The lowest BCUT2D eigenvalue weighted by molar-refractivity contribution is 0.592. The first-order valence-electron chi connectivity index (χ1n) is 6.69. The smallest absolute Gasteiger partial charge is 0.0953 e. The van der Waals surface area contributed by atoms with Gasteiger partial charge in [0.15, 0.2) is 0 Å². The molecule has 3 aromatic rings. The van der Waals surface area contributed by atoms with Crippen LogP contribution in [0.1, 0.15) is 6.42 Å². The first-order valence-corrected chi connectivity index (χ1v) is 6.69. The maximum absolute atomic E-state index is 5.96. The molecule has 0 fully saturated rings. The Morgan fingerprint density at radius 3 is 2.95 bits per heavy atom. The molecule has 0 amide bonds. The zero-order valence-corrected chi connectivity index (χ0v) is 11.2. The number of nitrogens with zero attached hydrogens (tertiary/aromatic N) is 3. The van der Waals surface area contributed by atoms with E-state index in [1.54, 1.807) is 12.4 Å². The summed E-state index contributed by atoms with van der Waals surface area (Å²) < 4.78 is 1.93. The van der Waals surface area contributed by atoms with Crippen LogP contribution >= 0.6 is 0 Å². The lowest BCUT2D eigenvalue weighted by Crippen LogP contribution is -2.07. The van der Waals surface area contributed by atoms with Crippen molar-refractivity contribution in [2.75, 3.05) is 17.6 Å². The minimum Gasteiger partial charge on any atom is -0.398 e. The van der Waals surface area contributed by atoms with Crippen LogP contribution in [-0.2, 0) is 6.54 Å². The van der Waals surface area contributed by atoms with E-state index in [0.717, 1.165) is 41.8 Å². The number of hydrogen-bond donors (Lipinski definition) is 2. The molecule has 0 aliphatic rings. The molecule has 0 unspecified atom stereocenters. The number of benzene rings is 1. The van der Waals surface area contributed by atoms with Crippen molar-refractivity contribution in [1.29, 1.82) is 0 Å². The molecule has 5 heteroatoms. The van der Waals surface area contributed by atoms with E-state index in [1.165, 1.54) is 0 Å². The predicted octanol–water partition coefficient (Wildman–Crippen LogP) is 2.52. The Balaban J connectivity index is 1.67. The molecule has 3 rings (SSSR count). The summed E-state index contributed by atoms with van der Waals surface area (Å²) in [6, 6.07) is 9.73. The SMILES string of the molecule is Nc1ccc(NCCCn2cccn2)c2ncccc12. The van der Waals surface area contributed by atoms with Crippen molar-refractivity contribution in [3.63, 3.8) is 0 Å². The largest absolute Gasteiger partial charge is 0.398 e. The minimum absolute atomic E-state index is 0.759. The van der Waals surface area contributed by atoms with Crippen LogP contribution in [0.2, 0.25) is 0 Å². The fraction of sp³-hybridized carbons (Fsp3) is 0.200. The van der Waals surface area contributed by atoms with Crippen LogP contribution < -0.4 is 11.1 Å². The van der Waals surface area contributed by atoms with Gasteiger partial charge in [0.2, 0.25) is 0 Å². The first-order chi connectivity index (χ1) is 9.84. The highest BCUT2D eigenvalue weighted by Gasteiger charge is 2.04. The molecule has 0 saturated carbocycles. The molecule has 0 saturated heterocycles. The van der Waals surface area contributed by atoms with Gasteiger partial charge in [-0.25, -0.2) is 0 Å². The van der Waals surface area contributed by atoms with Crippen molar-refractivity contribution in [3.05, 3.63) is 48.9 Å². The molecule has 2 heterocycles. The van der Waals surface area contributed by atoms with Crippen molar-refractivity contribution in [1.82, 2.24) is 14.8 Å². The quantitative estimate of drug-likeness (QED) is 0.550. The van der Waals surface area contributed by atoms with Crippen LogP contribution in [0.25, 0.3) is 10.9 Å². The summed E-state index contributed by atoms with van der Waals surface area (Å²) in [4.78, 5) is 4.41. The van der Waals surface area contributed by atoms with Crippen molar-refractivity contribution in [3.8, 4) is 0 Å². The monoisotopic (exact) mass is 267 g/mol. The summed E-state index contributed by atoms with van der Waals surface area (Å²) in [5.74, 6) is 0. The van der Waals surface area contributed by atoms with Gasteiger partial charge in [0, 0.05) is 42.8 Å². The van der Waals surface area contributed by atoms with Crippen LogP contribution in [0, 0.1) is 0 Å². The highest BCUT2D eigenvalue weighted by atomic mass is 15.3. The summed E-state index contributed by atoms with van der Waals surface area (Å²) in [6.45, 7) is 1.77. The Bertz CT molecular complexity index is 691. The maximum Gasteiger partial charge on any atom is 0.0953 e. The number of anilines is 2. The fourth-order valence-electron chi connectivity index (χ4n) is 2.23. The van der Waals surface area contributed by atoms with E-state index in [2.05, 4.69) is 15.4 Å². The van der Waals surface area contributed by atoms with E-state index in [4.69, 9.17) is 5.73 Å². The van der Waals surface area contributed by atoms with Crippen molar-refractivity contribution >= 4 is 22.3 Å². The molecule has 0 aliphatic heterocycles. The van der Waals surface area contributed by atoms with Gasteiger partial charge < -0.3 is 11.1 Å². The fourth-order valence-corrected chi connectivity index (χ4v) is 2.23. The first kappa shape index (κ1) is 12.5. The second-order valence-corrected chi connectivity index (χ2v) is 4.65. The van der Waals surface area contributed by atoms with Crippen LogP contribution in [0.5, 0.6) is 0 Å². The maximum atomic E-state index is 5.96. The second-order valence-electron chi connectivity index (χ2n) is 4.65. The molecule has 20 heavy (non-hydrogen) atoms. The van der Waals surface area contributed by atoms with Crippen LogP contribution in [0.3, 0.4) is 0 Å². The number of aromatic nitrogens is 3. The normalized spacial score (nSPS) is 10.8. The molecule has 1 aromatic carbocycles. The molecule has 3 N–H and O–H groups in total. The third kappa shape index (κ3) is 2.56. The number of aryl methyl sites for hydroxylation is 1. The molecule has 0 radical (unpaired) electrons. The van der Waals surface area contributed by atoms with Crippen LogP contribution in [0.4, 0.5) is 11.4 Å². The molecular weight excluding hydrogens is 250 g/mol. The number of nitrogens with two attached hydrogens (primary N) is 1. The molecule has 5 nitrogen and oxygen atoms in total. The van der Waals surface area contributed by atoms with E-state index < -0.39 is 0 Å². The van der Waals surface area contributed by atoms with Gasteiger partial charge >= 0.3 is 0 Å². The van der Waals surface area contributed by atoms with Gasteiger partial charge in [-0.15, -0.1) is 0 Å². The minimum atomic E-state index is 0.759. The van der Waals surface area contributed by atoms with Crippen LogP contribution in [-0.4, -0.2) is 21.3 Å². The third-order valence-electron chi connectivity index (χ3n) is 3.24. The van der Waals surface area contributed by atoms with E-state index in [0.29, 0.717) is 0 Å². The second kappa shape index (κ2) is 5.61. The summed E-state index contributed by atoms with van der Waals surface area (Å²) >= 11 is 0. The van der Waals surface area contributed by atoms with Gasteiger partial charge in [-0.3, -0.25) is 9.67 Å². The van der Waals surface area contributed by atoms with Crippen LogP contribution in [0.15, 0.2) is 48.9 Å². The molecule has 0 atom stereocenters. The van der Waals surface area contributed by atoms with Crippen molar-refractivity contribution < 1.29 is 0 Å². The highest BCUT2D eigenvalue weighted by Crippen LogP contribution is 2.26. The average molecular weight is 267 g/mol. The highest BCUT2D eigenvalue weighted by molar-refractivity contribution is 5.98. The number of nitrogens with one attached hydrogen (secondary N) is 1. The Morgan fingerprint density at radius 2 is 2.10 bits per heavy atom. The van der Waals surface area contributed by atoms with Gasteiger partial charge in [0.25, 0.3) is 0 Å². The Labute approximate surface area is 117 Å². The molecule has 0 bridgehead atoms. The lowest BCUT2D eigenvalue weighted by Gasteiger charge is -2.10. The van der Waals surface area contributed by atoms with E-state index in [1.807, 2.05) is 41.2 Å². The van der Waals surface area contributed by atoms with Gasteiger partial charge in [-0.2, -0.15) is 5.10 Å². The molecular formula is C15H17N5. The predicted molar refractivity (Wildman–Crippen MR) is 81.5 cm³/mol. The van der Waals surface area contributed by atoms with Crippen molar-refractivity contribution in [2.45, 2.75) is 13.0 Å². The molecule has 2 aromatic heterocycles. The summed E-state index contributed by atoms with van der Waals surface area (Å²) in [7, 11) is 0. The number of nitrogen functional groups attached to an aromatic ring is 1. The number of pyridine rings is 1. The average Bonchev–Trinajstić information content (AvgIpc) is 2.99. The van der Waals surface area contributed by atoms with Gasteiger partial charge in [0.1, 0.15) is 0 Å². The zero-order valence-electron chi connectivity index (χ0n) is 11.2. The standard InChI is InChI=1S/C15H17N5/c16-13-5-6-14(15-12(13)4-1-7-18-15)17-8-2-10-20-11-3-9-19-20/h1,3-7,9,11,17H,2,8,10,16H2. The van der Waals surface area contributed by atoms with Crippen molar-refractivity contribution in [2.24, 2.45) is 0 Å². The Kier molecular flexibility index (Phi) is 3.50. The van der Waals surface area contributed by atoms with Gasteiger partial charge in [-0.05, 0) is 36.8 Å². The number of rotatable bonds is 5. The van der Waals surface area contributed by atoms with E-state index in [9.17, 15) is 0 Å². The van der Waals surface area contributed by atoms with E-state index >= 15 is 0 Å². The molecule has 102 valence electrons. The molecule has 0 spiro atoms. The van der Waals surface area contributed by atoms with Gasteiger partial charge in [0.05, 0.1) is 11.2 Å². The number of hydrogen-bond acceptors (Lipinski definition) is 4. The summed E-state index contributed by atoms with van der Waals surface area (Å²) in [6.07, 6.45) is 6.56. The third-order valence-corrected chi connectivity index (χ3v) is 3.24. The zero-order chi connectivity index (χ0) is 13.8. The lowest BCUT2D eigenvalue weighted by atomic mass is 10.1. The summed E-state index contributed by atoms with van der Waals surface area (Å²) in [5, 5.41) is 8.59. The molecule has 0 aliphatic carbocycles. The number of fused-ring (bicyclic) bond motifs is 1. The Morgan fingerprint density at radius 1 is 1.15 bits per heavy atom. The Hall–Kier alpha value is -2.56. The topological polar surface area (TPSA) is 68.8 Å². The van der Waals surface area contributed by atoms with Gasteiger partial charge in [-0.1, -0.05) is 0 Å². The summed E-state index contributed by atoms with van der Waals surface area (Å²) in [5.41, 5.74) is 8.67. The van der Waals surface area contributed by atoms with E-state index in [-0.39, 0.29) is 0 Å².